The van der Waals surface area contributed by atoms with E-state index in [4.69, 9.17) is 0 Å². The van der Waals surface area contributed by atoms with Crippen molar-refractivity contribution >= 4 is 32.5 Å². The van der Waals surface area contributed by atoms with Gasteiger partial charge in [0.1, 0.15) is 5.52 Å². The summed E-state index contributed by atoms with van der Waals surface area (Å²) in [5.74, 6) is 0.580. The van der Waals surface area contributed by atoms with E-state index in [0.717, 1.165) is 31.8 Å². The first-order chi connectivity index (χ1) is 8.65. The van der Waals surface area contributed by atoms with Gasteiger partial charge in [-0.3, -0.25) is 0 Å². The molecular formula is C14H14N2OS. The van der Waals surface area contributed by atoms with E-state index in [1.54, 1.807) is 17.5 Å². The molecule has 0 unspecified atom stereocenters. The van der Waals surface area contributed by atoms with Gasteiger partial charge in [-0.2, -0.15) is 4.73 Å². The van der Waals surface area contributed by atoms with E-state index in [2.05, 4.69) is 18.8 Å². The molecule has 0 radical (unpaired) electrons. The van der Waals surface area contributed by atoms with Gasteiger partial charge in [-0.1, -0.05) is 26.0 Å². The SMILES string of the molecule is CC(C)Cc1nc2c[n+]([O-])c3ccccc3c2s1. The summed E-state index contributed by atoms with van der Waals surface area (Å²) in [4.78, 5) is 4.56. The maximum absolute atomic E-state index is 11.9. The number of rotatable bonds is 2. The van der Waals surface area contributed by atoms with Crippen LogP contribution >= 0.6 is 11.3 Å². The van der Waals surface area contributed by atoms with Gasteiger partial charge >= 0.3 is 0 Å². The highest BCUT2D eigenvalue weighted by atomic mass is 32.1. The summed E-state index contributed by atoms with van der Waals surface area (Å²) in [5.41, 5.74) is 1.52. The van der Waals surface area contributed by atoms with Gasteiger partial charge in [0.2, 0.25) is 11.7 Å². The molecule has 4 heteroatoms. The summed E-state index contributed by atoms with van der Waals surface area (Å²) in [5, 5.41) is 14.0. The Bertz CT molecular complexity index is 718. The summed E-state index contributed by atoms with van der Waals surface area (Å²) in [6, 6.07) is 7.69. The summed E-state index contributed by atoms with van der Waals surface area (Å²) < 4.78 is 2.03. The van der Waals surface area contributed by atoms with Gasteiger partial charge in [0.25, 0.3) is 0 Å². The third-order valence-electron chi connectivity index (χ3n) is 2.91. The maximum atomic E-state index is 11.9. The largest absolute Gasteiger partial charge is 0.618 e. The summed E-state index contributed by atoms with van der Waals surface area (Å²) in [6.45, 7) is 4.36. The zero-order chi connectivity index (χ0) is 12.7. The fourth-order valence-electron chi connectivity index (χ4n) is 2.13. The van der Waals surface area contributed by atoms with E-state index in [-0.39, 0.29) is 0 Å². The minimum Gasteiger partial charge on any atom is -0.618 e. The highest BCUT2D eigenvalue weighted by Gasteiger charge is 2.14. The molecule has 0 aliphatic carbocycles. The molecule has 0 aliphatic heterocycles. The van der Waals surface area contributed by atoms with E-state index in [9.17, 15) is 5.21 Å². The van der Waals surface area contributed by atoms with Gasteiger partial charge in [0.15, 0.2) is 0 Å². The van der Waals surface area contributed by atoms with Gasteiger partial charge in [-0.15, -0.1) is 11.3 Å². The molecule has 2 heterocycles. The van der Waals surface area contributed by atoms with Crippen molar-refractivity contribution in [2.75, 3.05) is 0 Å². The lowest BCUT2D eigenvalue weighted by Gasteiger charge is -2.00. The quantitative estimate of drug-likeness (QED) is 0.522. The first kappa shape index (κ1) is 11.4. The van der Waals surface area contributed by atoms with Crippen LogP contribution in [0.5, 0.6) is 0 Å². The molecule has 3 aromatic rings. The second-order valence-corrected chi connectivity index (χ2v) is 5.98. The van der Waals surface area contributed by atoms with Crippen LogP contribution in [0, 0.1) is 11.1 Å². The molecule has 0 saturated heterocycles. The number of pyridine rings is 1. The molecule has 0 aliphatic rings. The van der Waals surface area contributed by atoms with E-state index in [0.29, 0.717) is 11.4 Å². The maximum Gasteiger partial charge on any atom is 0.225 e. The number of para-hydroxylation sites is 1. The standard InChI is InChI=1S/C14H14N2OS/c1-9(2)7-13-15-11-8-16(17)12-6-4-3-5-10(12)14(11)18-13/h3-6,8-9H,7H2,1-2H3. The third-order valence-corrected chi connectivity index (χ3v) is 4.03. The van der Waals surface area contributed by atoms with Gasteiger partial charge in [-0.25, -0.2) is 4.98 Å². The summed E-state index contributed by atoms with van der Waals surface area (Å²) in [6.07, 6.45) is 2.55. The first-order valence-corrected chi connectivity index (χ1v) is 6.87. The molecule has 0 bridgehead atoms. The van der Waals surface area contributed by atoms with E-state index < -0.39 is 0 Å². The number of nitrogens with zero attached hydrogens (tertiary/aromatic N) is 2. The predicted molar refractivity (Wildman–Crippen MR) is 74.6 cm³/mol. The van der Waals surface area contributed by atoms with Crippen molar-refractivity contribution in [3.05, 3.63) is 40.7 Å². The van der Waals surface area contributed by atoms with Crippen molar-refractivity contribution in [3.8, 4) is 0 Å². The molecular weight excluding hydrogens is 244 g/mol. The van der Waals surface area contributed by atoms with Crippen LogP contribution in [-0.2, 0) is 6.42 Å². The number of fused-ring (bicyclic) bond motifs is 3. The second kappa shape index (κ2) is 4.21. The number of benzene rings is 1. The van der Waals surface area contributed by atoms with E-state index in [1.807, 2.05) is 24.3 Å². The van der Waals surface area contributed by atoms with Crippen molar-refractivity contribution in [2.45, 2.75) is 20.3 Å². The van der Waals surface area contributed by atoms with Crippen molar-refractivity contribution in [2.24, 2.45) is 5.92 Å². The zero-order valence-electron chi connectivity index (χ0n) is 10.4. The van der Waals surface area contributed by atoms with Crippen LogP contribution < -0.4 is 4.73 Å². The average Bonchev–Trinajstić information content (AvgIpc) is 2.71. The monoisotopic (exact) mass is 258 g/mol. The van der Waals surface area contributed by atoms with Gasteiger partial charge in [0, 0.05) is 12.5 Å². The van der Waals surface area contributed by atoms with E-state index in [1.165, 1.54) is 0 Å². The van der Waals surface area contributed by atoms with Crippen LogP contribution in [0.1, 0.15) is 18.9 Å². The molecule has 3 nitrogen and oxygen atoms in total. The summed E-state index contributed by atoms with van der Waals surface area (Å²) >= 11 is 1.70. The topological polar surface area (TPSA) is 39.8 Å². The van der Waals surface area contributed by atoms with Crippen LogP contribution in [0.25, 0.3) is 21.1 Å². The van der Waals surface area contributed by atoms with Crippen LogP contribution in [0.2, 0.25) is 0 Å². The first-order valence-electron chi connectivity index (χ1n) is 6.05. The smallest absolute Gasteiger partial charge is 0.225 e. The fourth-order valence-corrected chi connectivity index (χ4v) is 3.42. The number of aromatic nitrogens is 2. The molecule has 18 heavy (non-hydrogen) atoms. The molecule has 0 atom stereocenters. The van der Waals surface area contributed by atoms with Crippen molar-refractivity contribution in [1.82, 2.24) is 4.98 Å². The van der Waals surface area contributed by atoms with Gasteiger partial charge in [-0.05, 0) is 12.0 Å². The Labute approximate surface area is 109 Å². The molecule has 0 spiro atoms. The molecule has 3 rings (SSSR count). The average molecular weight is 258 g/mol. The molecule has 0 N–H and O–H groups in total. The van der Waals surface area contributed by atoms with Gasteiger partial charge in [0.05, 0.1) is 15.1 Å². The van der Waals surface area contributed by atoms with E-state index >= 15 is 0 Å². The van der Waals surface area contributed by atoms with Crippen LogP contribution in [0.15, 0.2) is 30.5 Å². The Morgan fingerprint density at radius 1 is 1.33 bits per heavy atom. The van der Waals surface area contributed by atoms with Crippen molar-refractivity contribution in [1.29, 1.82) is 0 Å². The highest BCUT2D eigenvalue weighted by Crippen LogP contribution is 2.29. The number of hydrogen-bond acceptors (Lipinski definition) is 3. The van der Waals surface area contributed by atoms with Crippen LogP contribution in [0.3, 0.4) is 0 Å². The normalized spacial score (nSPS) is 11.7. The minimum atomic E-state index is 0.580. The molecule has 1 aromatic carbocycles. The minimum absolute atomic E-state index is 0.580. The number of hydrogen-bond donors (Lipinski definition) is 0. The molecule has 2 aromatic heterocycles. The molecule has 0 amide bonds. The zero-order valence-corrected chi connectivity index (χ0v) is 11.2. The summed E-state index contributed by atoms with van der Waals surface area (Å²) in [7, 11) is 0. The van der Waals surface area contributed by atoms with Gasteiger partial charge < -0.3 is 5.21 Å². The lowest BCUT2D eigenvalue weighted by molar-refractivity contribution is -0.575. The Morgan fingerprint density at radius 3 is 2.89 bits per heavy atom. The Kier molecular flexibility index (Phi) is 2.67. The van der Waals surface area contributed by atoms with Crippen LogP contribution in [0.4, 0.5) is 0 Å². The number of thiazole rings is 1. The Balaban J connectivity index is 2.29. The predicted octanol–water partition coefficient (Wildman–Crippen LogP) is 3.28. The second-order valence-electron chi connectivity index (χ2n) is 4.89. The molecule has 0 saturated carbocycles. The lowest BCUT2D eigenvalue weighted by atomic mass is 10.1. The molecule has 92 valence electrons. The van der Waals surface area contributed by atoms with Crippen LogP contribution in [-0.4, -0.2) is 4.98 Å². The van der Waals surface area contributed by atoms with Crippen molar-refractivity contribution < 1.29 is 4.73 Å². The van der Waals surface area contributed by atoms with Crippen molar-refractivity contribution in [3.63, 3.8) is 0 Å². The molecule has 0 fully saturated rings. The third kappa shape index (κ3) is 1.82. The Morgan fingerprint density at radius 2 is 2.11 bits per heavy atom. The lowest BCUT2D eigenvalue weighted by Crippen LogP contribution is -2.26. The highest BCUT2D eigenvalue weighted by molar-refractivity contribution is 7.19. The fraction of sp³-hybridized carbons (Fsp3) is 0.286. The Hall–Kier alpha value is -1.68.